The molecule has 1 aromatic carbocycles. The van der Waals surface area contributed by atoms with Crippen molar-refractivity contribution in [3.8, 4) is 0 Å². The summed E-state index contributed by atoms with van der Waals surface area (Å²) in [5.74, 6) is -0.248. The normalized spacial score (nSPS) is 16.9. The molecule has 110 valence electrons. The standard InChI is InChI=1S/C15H21FN2OS/c1-19-11-10-15(8-2-3-9-15)18-14(20)17-13-6-4-12(16)5-7-13/h4-7H,2-3,8-11H2,1H3,(H2,17,18,20). The van der Waals surface area contributed by atoms with Crippen LogP contribution in [0.4, 0.5) is 10.1 Å². The molecule has 3 nitrogen and oxygen atoms in total. The molecular weight excluding hydrogens is 275 g/mol. The summed E-state index contributed by atoms with van der Waals surface area (Å²) >= 11 is 5.37. The van der Waals surface area contributed by atoms with E-state index < -0.39 is 0 Å². The van der Waals surface area contributed by atoms with Gasteiger partial charge in [-0.25, -0.2) is 4.39 Å². The second-order valence-corrected chi connectivity index (χ2v) is 5.72. The highest BCUT2D eigenvalue weighted by Crippen LogP contribution is 2.32. The zero-order valence-electron chi connectivity index (χ0n) is 11.7. The summed E-state index contributed by atoms with van der Waals surface area (Å²) in [4.78, 5) is 0. The number of ether oxygens (including phenoxy) is 1. The Kier molecular flexibility index (Phi) is 5.31. The number of hydrogen-bond acceptors (Lipinski definition) is 2. The van der Waals surface area contributed by atoms with E-state index in [2.05, 4.69) is 10.6 Å². The molecule has 0 radical (unpaired) electrons. The van der Waals surface area contributed by atoms with Crippen molar-refractivity contribution in [1.29, 1.82) is 0 Å². The smallest absolute Gasteiger partial charge is 0.171 e. The third-order valence-corrected chi connectivity index (χ3v) is 4.03. The Balaban J connectivity index is 1.93. The molecule has 20 heavy (non-hydrogen) atoms. The van der Waals surface area contributed by atoms with E-state index in [4.69, 9.17) is 17.0 Å². The minimum absolute atomic E-state index is 0.0418. The van der Waals surface area contributed by atoms with Crippen LogP contribution in [0.2, 0.25) is 0 Å². The van der Waals surface area contributed by atoms with Gasteiger partial charge in [0.2, 0.25) is 0 Å². The van der Waals surface area contributed by atoms with Gasteiger partial charge in [-0.05, 0) is 55.7 Å². The average molecular weight is 296 g/mol. The predicted molar refractivity (Wildman–Crippen MR) is 83.4 cm³/mol. The molecule has 0 spiro atoms. The van der Waals surface area contributed by atoms with E-state index in [1.807, 2.05) is 0 Å². The number of methoxy groups -OCH3 is 1. The third kappa shape index (κ3) is 4.15. The van der Waals surface area contributed by atoms with Crippen LogP contribution >= 0.6 is 12.2 Å². The summed E-state index contributed by atoms with van der Waals surface area (Å²) in [7, 11) is 1.72. The molecule has 1 aromatic rings. The molecule has 0 aromatic heterocycles. The van der Waals surface area contributed by atoms with Gasteiger partial charge in [0, 0.05) is 24.9 Å². The van der Waals surface area contributed by atoms with Crippen LogP contribution in [0, 0.1) is 5.82 Å². The number of benzene rings is 1. The summed E-state index contributed by atoms with van der Waals surface area (Å²) in [6, 6.07) is 6.20. The number of hydrogen-bond donors (Lipinski definition) is 2. The molecule has 1 aliphatic rings. The van der Waals surface area contributed by atoms with Gasteiger partial charge in [0.1, 0.15) is 5.82 Å². The Morgan fingerprint density at radius 1 is 1.30 bits per heavy atom. The second-order valence-electron chi connectivity index (χ2n) is 5.32. The Morgan fingerprint density at radius 3 is 2.55 bits per heavy atom. The van der Waals surface area contributed by atoms with Gasteiger partial charge in [0.15, 0.2) is 5.11 Å². The average Bonchev–Trinajstić information content (AvgIpc) is 2.88. The summed E-state index contributed by atoms with van der Waals surface area (Å²) in [5, 5.41) is 7.14. The lowest BCUT2D eigenvalue weighted by molar-refractivity contribution is 0.163. The number of thiocarbonyl (C=S) groups is 1. The summed E-state index contributed by atoms with van der Waals surface area (Å²) in [6.07, 6.45) is 5.61. The van der Waals surface area contributed by atoms with E-state index in [1.165, 1.54) is 25.0 Å². The van der Waals surface area contributed by atoms with Crippen LogP contribution in [0.3, 0.4) is 0 Å². The van der Waals surface area contributed by atoms with E-state index in [0.29, 0.717) is 5.11 Å². The Bertz CT molecular complexity index is 444. The summed E-state index contributed by atoms with van der Waals surface area (Å²) < 4.78 is 18.1. The molecule has 0 amide bonds. The van der Waals surface area contributed by atoms with Gasteiger partial charge in [0.05, 0.1) is 0 Å². The Morgan fingerprint density at radius 2 is 1.95 bits per heavy atom. The highest BCUT2D eigenvalue weighted by Gasteiger charge is 2.33. The van der Waals surface area contributed by atoms with Crippen LogP contribution in [0.25, 0.3) is 0 Å². The predicted octanol–water partition coefficient (Wildman–Crippen LogP) is 3.46. The lowest BCUT2D eigenvalue weighted by Crippen LogP contribution is -2.48. The van der Waals surface area contributed by atoms with Gasteiger partial charge in [-0.1, -0.05) is 12.8 Å². The van der Waals surface area contributed by atoms with Crippen LogP contribution < -0.4 is 10.6 Å². The lowest BCUT2D eigenvalue weighted by Gasteiger charge is -2.31. The first-order valence-electron chi connectivity index (χ1n) is 6.97. The van der Waals surface area contributed by atoms with E-state index in [-0.39, 0.29) is 11.4 Å². The van der Waals surface area contributed by atoms with E-state index in [9.17, 15) is 4.39 Å². The summed E-state index contributed by atoms with van der Waals surface area (Å²) in [5.41, 5.74) is 0.837. The monoisotopic (exact) mass is 296 g/mol. The van der Waals surface area contributed by atoms with Crippen LogP contribution in [-0.4, -0.2) is 24.4 Å². The molecule has 0 aliphatic heterocycles. The van der Waals surface area contributed by atoms with Crippen molar-refractivity contribution in [2.75, 3.05) is 19.0 Å². The van der Waals surface area contributed by atoms with Gasteiger partial charge < -0.3 is 15.4 Å². The maximum absolute atomic E-state index is 12.9. The van der Waals surface area contributed by atoms with Crippen LogP contribution in [0.1, 0.15) is 32.1 Å². The van der Waals surface area contributed by atoms with E-state index in [1.54, 1.807) is 19.2 Å². The minimum atomic E-state index is -0.248. The van der Waals surface area contributed by atoms with Crippen LogP contribution in [0.15, 0.2) is 24.3 Å². The fourth-order valence-corrected chi connectivity index (χ4v) is 3.06. The SMILES string of the molecule is COCCC1(NC(=S)Nc2ccc(F)cc2)CCCC1. The molecule has 2 rings (SSSR count). The lowest BCUT2D eigenvalue weighted by atomic mass is 9.94. The molecule has 1 fully saturated rings. The minimum Gasteiger partial charge on any atom is -0.385 e. The fraction of sp³-hybridized carbons (Fsp3) is 0.533. The second kappa shape index (κ2) is 6.99. The first kappa shape index (κ1) is 15.2. The van der Waals surface area contributed by atoms with Gasteiger partial charge in [-0.15, -0.1) is 0 Å². The highest BCUT2D eigenvalue weighted by molar-refractivity contribution is 7.80. The molecule has 0 unspecified atom stereocenters. The molecule has 0 atom stereocenters. The molecular formula is C15H21FN2OS. The van der Waals surface area contributed by atoms with Crippen molar-refractivity contribution >= 4 is 23.0 Å². The maximum atomic E-state index is 12.9. The first-order chi connectivity index (χ1) is 9.63. The largest absolute Gasteiger partial charge is 0.385 e. The van der Waals surface area contributed by atoms with Crippen molar-refractivity contribution in [1.82, 2.24) is 5.32 Å². The fourth-order valence-electron chi connectivity index (χ4n) is 2.72. The number of nitrogens with one attached hydrogen (secondary N) is 2. The van der Waals surface area contributed by atoms with Crippen molar-refractivity contribution in [2.24, 2.45) is 0 Å². The third-order valence-electron chi connectivity index (χ3n) is 3.83. The number of anilines is 1. The quantitative estimate of drug-likeness (QED) is 0.815. The van der Waals surface area contributed by atoms with Gasteiger partial charge in [-0.2, -0.15) is 0 Å². The molecule has 5 heteroatoms. The Hall–Kier alpha value is -1.20. The number of halogens is 1. The van der Waals surface area contributed by atoms with Crippen molar-refractivity contribution in [2.45, 2.75) is 37.6 Å². The topological polar surface area (TPSA) is 33.3 Å². The summed E-state index contributed by atoms with van der Waals surface area (Å²) in [6.45, 7) is 0.728. The molecule has 1 saturated carbocycles. The van der Waals surface area contributed by atoms with E-state index in [0.717, 1.165) is 31.6 Å². The molecule has 0 heterocycles. The van der Waals surface area contributed by atoms with Crippen molar-refractivity contribution < 1.29 is 9.13 Å². The van der Waals surface area contributed by atoms with Gasteiger partial charge in [-0.3, -0.25) is 0 Å². The molecule has 0 bridgehead atoms. The van der Waals surface area contributed by atoms with Crippen molar-refractivity contribution in [3.05, 3.63) is 30.1 Å². The highest BCUT2D eigenvalue weighted by atomic mass is 32.1. The van der Waals surface area contributed by atoms with Crippen LogP contribution in [-0.2, 0) is 4.74 Å². The van der Waals surface area contributed by atoms with Crippen molar-refractivity contribution in [3.63, 3.8) is 0 Å². The van der Waals surface area contributed by atoms with Crippen LogP contribution in [0.5, 0.6) is 0 Å². The molecule has 0 saturated heterocycles. The maximum Gasteiger partial charge on any atom is 0.171 e. The van der Waals surface area contributed by atoms with E-state index >= 15 is 0 Å². The van der Waals surface area contributed by atoms with Gasteiger partial charge >= 0.3 is 0 Å². The molecule has 2 N–H and O–H groups in total. The van der Waals surface area contributed by atoms with Gasteiger partial charge in [0.25, 0.3) is 0 Å². The molecule has 1 aliphatic carbocycles. The zero-order valence-corrected chi connectivity index (χ0v) is 12.6. The Labute approximate surface area is 124 Å². The first-order valence-corrected chi connectivity index (χ1v) is 7.38. The zero-order chi connectivity index (χ0) is 14.4. The number of rotatable bonds is 5.